The Bertz CT molecular complexity index is 819. The molecule has 0 spiro atoms. The van der Waals surface area contributed by atoms with Crippen LogP contribution in [0.5, 0.6) is 0 Å². The smallest absolute Gasteiger partial charge is 0.322 e. The van der Waals surface area contributed by atoms with E-state index in [0.29, 0.717) is 30.4 Å². The molecule has 1 atom stereocenters. The van der Waals surface area contributed by atoms with Crippen LogP contribution in [0.3, 0.4) is 0 Å². The van der Waals surface area contributed by atoms with Crippen LogP contribution in [-0.2, 0) is 16.0 Å². The first-order valence-electron chi connectivity index (χ1n) is 8.03. The SMILES string of the molecule is O=C(CC[C@@H]1NC(=O)NC1=O)NCCCc1nc2ccc(F)cc2[nH]1. The van der Waals surface area contributed by atoms with Crippen molar-refractivity contribution < 1.29 is 18.8 Å². The van der Waals surface area contributed by atoms with E-state index in [9.17, 15) is 18.8 Å². The Morgan fingerprint density at radius 3 is 2.92 bits per heavy atom. The lowest BCUT2D eigenvalue weighted by molar-refractivity contribution is -0.122. The van der Waals surface area contributed by atoms with E-state index in [1.807, 2.05) is 0 Å². The lowest BCUT2D eigenvalue weighted by Crippen LogP contribution is -2.32. The van der Waals surface area contributed by atoms with Gasteiger partial charge in [-0.25, -0.2) is 14.2 Å². The van der Waals surface area contributed by atoms with Crippen molar-refractivity contribution in [2.24, 2.45) is 0 Å². The molecule has 9 heteroatoms. The summed E-state index contributed by atoms with van der Waals surface area (Å²) < 4.78 is 13.1. The summed E-state index contributed by atoms with van der Waals surface area (Å²) in [6.45, 7) is 0.466. The van der Waals surface area contributed by atoms with Gasteiger partial charge in [0.15, 0.2) is 0 Å². The first kappa shape index (κ1) is 16.9. The van der Waals surface area contributed by atoms with E-state index in [4.69, 9.17) is 0 Å². The van der Waals surface area contributed by atoms with Gasteiger partial charge in [-0.1, -0.05) is 0 Å². The zero-order valence-corrected chi connectivity index (χ0v) is 13.4. The molecule has 25 heavy (non-hydrogen) atoms. The van der Waals surface area contributed by atoms with Crippen LogP contribution in [-0.4, -0.2) is 40.4 Å². The highest BCUT2D eigenvalue weighted by atomic mass is 19.1. The largest absolute Gasteiger partial charge is 0.356 e. The molecule has 1 fully saturated rings. The average molecular weight is 347 g/mol. The minimum absolute atomic E-state index is 0.155. The standard InChI is InChI=1S/C16H18FN5O3/c17-9-3-4-10-12(8-9)20-13(19-10)2-1-7-18-14(23)6-5-11-15(24)22-16(25)21-11/h3-4,8,11H,1-2,5-7H2,(H,18,23)(H,19,20)(H2,21,22,24,25)/t11-/m0/s1. The van der Waals surface area contributed by atoms with Gasteiger partial charge in [0.25, 0.3) is 5.91 Å². The third-order valence-electron chi connectivity index (χ3n) is 3.92. The van der Waals surface area contributed by atoms with Crippen molar-refractivity contribution in [2.75, 3.05) is 6.54 Å². The molecular formula is C16H18FN5O3. The number of carbonyl (C=O) groups excluding carboxylic acids is 3. The molecule has 1 aliphatic heterocycles. The molecule has 2 aromatic rings. The quantitative estimate of drug-likeness (QED) is 0.437. The van der Waals surface area contributed by atoms with Crippen LogP contribution in [0.15, 0.2) is 18.2 Å². The van der Waals surface area contributed by atoms with E-state index in [1.54, 1.807) is 6.07 Å². The average Bonchev–Trinajstić information content (AvgIpc) is 3.11. The molecule has 1 aromatic carbocycles. The van der Waals surface area contributed by atoms with Crippen molar-refractivity contribution in [3.63, 3.8) is 0 Å². The van der Waals surface area contributed by atoms with Gasteiger partial charge in [0.2, 0.25) is 5.91 Å². The van der Waals surface area contributed by atoms with E-state index >= 15 is 0 Å². The number of imidazole rings is 1. The summed E-state index contributed by atoms with van der Waals surface area (Å²) in [5, 5.41) is 7.33. The number of amides is 4. The number of benzene rings is 1. The molecule has 0 radical (unpaired) electrons. The van der Waals surface area contributed by atoms with Crippen LogP contribution >= 0.6 is 0 Å². The first-order chi connectivity index (χ1) is 12.0. The van der Waals surface area contributed by atoms with Crippen LogP contribution in [0.2, 0.25) is 0 Å². The molecule has 1 saturated heterocycles. The highest BCUT2D eigenvalue weighted by Gasteiger charge is 2.29. The monoisotopic (exact) mass is 347 g/mol. The van der Waals surface area contributed by atoms with Gasteiger partial charge >= 0.3 is 6.03 Å². The van der Waals surface area contributed by atoms with E-state index in [-0.39, 0.29) is 24.6 Å². The second-order valence-corrected chi connectivity index (χ2v) is 5.85. The zero-order valence-electron chi connectivity index (χ0n) is 13.4. The van der Waals surface area contributed by atoms with E-state index in [2.05, 4.69) is 25.9 Å². The lowest BCUT2D eigenvalue weighted by Gasteiger charge is -2.07. The van der Waals surface area contributed by atoms with E-state index in [1.165, 1.54) is 12.1 Å². The summed E-state index contributed by atoms with van der Waals surface area (Å²) in [6, 6.07) is 3.20. The second-order valence-electron chi connectivity index (χ2n) is 5.85. The Kier molecular flexibility index (Phi) is 4.92. The van der Waals surface area contributed by atoms with Crippen molar-refractivity contribution >= 4 is 28.9 Å². The Morgan fingerprint density at radius 2 is 2.16 bits per heavy atom. The maximum atomic E-state index is 13.1. The zero-order chi connectivity index (χ0) is 17.8. The predicted molar refractivity (Wildman–Crippen MR) is 87.1 cm³/mol. The summed E-state index contributed by atoms with van der Waals surface area (Å²) in [5.41, 5.74) is 1.35. The number of urea groups is 1. The first-order valence-corrected chi connectivity index (χ1v) is 8.03. The molecule has 4 N–H and O–H groups in total. The lowest BCUT2D eigenvalue weighted by atomic mass is 10.1. The molecule has 4 amide bonds. The normalized spacial score (nSPS) is 16.8. The van der Waals surface area contributed by atoms with E-state index in [0.717, 1.165) is 5.82 Å². The summed E-state index contributed by atoms with van der Waals surface area (Å²) in [4.78, 5) is 41.5. The van der Waals surface area contributed by atoms with Gasteiger partial charge in [0.05, 0.1) is 11.0 Å². The van der Waals surface area contributed by atoms with Gasteiger partial charge in [-0.05, 0) is 31.0 Å². The van der Waals surface area contributed by atoms with Gasteiger partial charge in [-0.3, -0.25) is 14.9 Å². The minimum atomic E-state index is -0.644. The highest BCUT2D eigenvalue weighted by Crippen LogP contribution is 2.13. The number of nitrogens with one attached hydrogen (secondary N) is 4. The van der Waals surface area contributed by atoms with Gasteiger partial charge in [-0.15, -0.1) is 0 Å². The molecule has 8 nitrogen and oxygen atoms in total. The number of aromatic nitrogens is 2. The number of halogens is 1. The number of fused-ring (bicyclic) bond motifs is 1. The Labute approximate surface area is 142 Å². The van der Waals surface area contributed by atoms with Crippen LogP contribution in [0.4, 0.5) is 9.18 Å². The molecule has 132 valence electrons. The van der Waals surface area contributed by atoms with Crippen LogP contribution in [0.1, 0.15) is 25.1 Å². The van der Waals surface area contributed by atoms with E-state index < -0.39 is 18.0 Å². The Balaban J connectivity index is 1.36. The molecule has 0 bridgehead atoms. The summed E-state index contributed by atoms with van der Waals surface area (Å²) in [5.74, 6) is -0.165. The highest BCUT2D eigenvalue weighted by molar-refractivity contribution is 6.04. The van der Waals surface area contributed by atoms with Gasteiger partial charge in [-0.2, -0.15) is 0 Å². The fourth-order valence-electron chi connectivity index (χ4n) is 2.66. The molecule has 0 unspecified atom stereocenters. The van der Waals surface area contributed by atoms with Crippen molar-refractivity contribution in [1.82, 2.24) is 25.9 Å². The predicted octanol–water partition coefficient (Wildman–Crippen LogP) is 0.739. The minimum Gasteiger partial charge on any atom is -0.356 e. The molecule has 0 aliphatic carbocycles. The fraction of sp³-hybridized carbons (Fsp3) is 0.375. The number of hydrogen-bond acceptors (Lipinski definition) is 4. The maximum absolute atomic E-state index is 13.1. The van der Waals surface area contributed by atoms with Gasteiger partial charge in [0, 0.05) is 19.4 Å². The van der Waals surface area contributed by atoms with Crippen molar-refractivity contribution in [3.05, 3.63) is 29.8 Å². The maximum Gasteiger partial charge on any atom is 0.322 e. The number of H-pyrrole nitrogens is 1. The Morgan fingerprint density at radius 1 is 1.32 bits per heavy atom. The number of nitrogens with zero attached hydrogens (tertiary/aromatic N) is 1. The molecule has 2 heterocycles. The number of aryl methyl sites for hydroxylation is 1. The topological polar surface area (TPSA) is 116 Å². The third kappa shape index (κ3) is 4.31. The van der Waals surface area contributed by atoms with Crippen molar-refractivity contribution in [2.45, 2.75) is 31.7 Å². The fourth-order valence-corrected chi connectivity index (χ4v) is 2.66. The summed E-state index contributed by atoms with van der Waals surface area (Å²) in [7, 11) is 0. The number of imide groups is 1. The molecule has 3 rings (SSSR count). The van der Waals surface area contributed by atoms with Crippen LogP contribution < -0.4 is 16.0 Å². The summed E-state index contributed by atoms with van der Waals surface area (Å²) >= 11 is 0. The summed E-state index contributed by atoms with van der Waals surface area (Å²) in [6.07, 6.45) is 1.72. The second kappa shape index (κ2) is 7.29. The molecule has 0 saturated carbocycles. The number of carbonyl (C=O) groups is 3. The molecule has 1 aromatic heterocycles. The van der Waals surface area contributed by atoms with Crippen molar-refractivity contribution in [3.8, 4) is 0 Å². The van der Waals surface area contributed by atoms with Crippen LogP contribution in [0, 0.1) is 5.82 Å². The van der Waals surface area contributed by atoms with Gasteiger partial charge < -0.3 is 15.6 Å². The number of rotatable bonds is 7. The third-order valence-corrected chi connectivity index (χ3v) is 3.92. The van der Waals surface area contributed by atoms with Gasteiger partial charge in [0.1, 0.15) is 17.7 Å². The van der Waals surface area contributed by atoms with Crippen molar-refractivity contribution in [1.29, 1.82) is 0 Å². The van der Waals surface area contributed by atoms with Crippen LogP contribution in [0.25, 0.3) is 11.0 Å². The molecule has 1 aliphatic rings. The number of aromatic amines is 1. The number of hydrogen-bond donors (Lipinski definition) is 4. The molecular weight excluding hydrogens is 329 g/mol. The Hall–Kier alpha value is -2.97.